The molecule has 0 bridgehead atoms. The lowest BCUT2D eigenvalue weighted by atomic mass is 10.2. The molecule has 252 valence electrons. The molecular formula is C29H44N4O12. The average Bonchev–Trinajstić information content (AvgIpc) is 3.49. The number of imide groups is 1. The number of nitrogens with one attached hydrogen (secondary N) is 1. The first-order valence-corrected chi connectivity index (χ1v) is 14.8. The van der Waals surface area contributed by atoms with Crippen LogP contribution in [0, 0.1) is 0 Å². The molecule has 2 aliphatic rings. The van der Waals surface area contributed by atoms with Crippen molar-refractivity contribution in [3.8, 4) is 0 Å². The van der Waals surface area contributed by atoms with Crippen LogP contribution in [0.25, 0.3) is 0 Å². The third kappa shape index (κ3) is 16.9. The summed E-state index contributed by atoms with van der Waals surface area (Å²) in [5.74, 6) is -1.51. The van der Waals surface area contributed by atoms with E-state index in [2.05, 4.69) is 15.6 Å². The Morgan fingerprint density at radius 1 is 0.911 bits per heavy atom. The minimum atomic E-state index is -1.16. The van der Waals surface area contributed by atoms with Crippen LogP contribution in [0.1, 0.15) is 72.6 Å². The third-order valence-corrected chi connectivity index (χ3v) is 5.93. The van der Waals surface area contributed by atoms with Gasteiger partial charge in [-0.25, -0.2) is 0 Å². The van der Waals surface area contributed by atoms with Gasteiger partial charge in [0.1, 0.15) is 19.3 Å². The zero-order valence-corrected chi connectivity index (χ0v) is 26.3. The second-order valence-electron chi connectivity index (χ2n) is 9.70. The molecule has 1 aliphatic heterocycles. The maximum atomic E-state index is 11.6. The number of rotatable bonds is 18. The summed E-state index contributed by atoms with van der Waals surface area (Å²) in [5.41, 5.74) is 0. The zero-order valence-electron chi connectivity index (χ0n) is 26.3. The summed E-state index contributed by atoms with van der Waals surface area (Å²) in [7, 11) is 0. The largest absolute Gasteiger partial charge is 0.479 e. The fourth-order valence-corrected chi connectivity index (χ4v) is 3.69. The Hall–Kier alpha value is -4.34. The average molecular weight is 641 g/mol. The number of nitrogens with zero attached hydrogens (tertiary/aromatic N) is 3. The number of hydrogen-bond donors (Lipinski definition) is 2. The standard InChI is InChI=1S/C15H23NO6.C14H21N3O6/c1-3-20-11(2)16-21-10-6-4-5-7-14(19)22-15-12(17)8-9-13(15)18;1-3-22-10(2)16-23-9-11(18)8-15-12(19)6-7-17-13(20)4-5-14(17)21/h15H,3-10H2,1-2H3;4-5,11,18H,3,6-9H2,1-2H3,(H,15,19)/b16-11-;16-10-. The predicted molar refractivity (Wildman–Crippen MR) is 158 cm³/mol. The first-order chi connectivity index (χ1) is 21.5. The molecular weight excluding hydrogens is 596 g/mol. The Labute approximate surface area is 262 Å². The SMILES string of the molecule is CCO/C(C)=N\OCC(O)CNC(=O)CCN1C(=O)C=CC1=O.CCO/C(C)=N\OCCCCCC(=O)OC1C(=O)CCC1=O. The van der Waals surface area contributed by atoms with E-state index in [0.717, 1.165) is 29.9 Å². The van der Waals surface area contributed by atoms with E-state index in [0.29, 0.717) is 38.0 Å². The molecule has 1 fully saturated rings. The molecule has 0 radical (unpaired) electrons. The molecule has 45 heavy (non-hydrogen) atoms. The number of unbranched alkanes of at least 4 members (excludes halogenated alkanes) is 2. The Morgan fingerprint density at radius 2 is 1.49 bits per heavy atom. The summed E-state index contributed by atoms with van der Waals surface area (Å²) >= 11 is 0. The summed E-state index contributed by atoms with van der Waals surface area (Å²) < 4.78 is 15.0. The number of ether oxygens (including phenoxy) is 3. The maximum absolute atomic E-state index is 11.6. The molecule has 1 saturated carbocycles. The van der Waals surface area contributed by atoms with Gasteiger partial charge in [-0.2, -0.15) is 0 Å². The lowest BCUT2D eigenvalue weighted by molar-refractivity contribution is -0.157. The van der Waals surface area contributed by atoms with Gasteiger partial charge in [0.25, 0.3) is 11.8 Å². The monoisotopic (exact) mass is 640 g/mol. The number of Topliss-reactive ketones (excluding diaryl/α,β-unsaturated/α-hetero) is 2. The summed E-state index contributed by atoms with van der Waals surface area (Å²) in [5, 5.41) is 19.5. The van der Waals surface area contributed by atoms with Gasteiger partial charge in [-0.15, -0.1) is 0 Å². The predicted octanol–water partition coefficient (Wildman–Crippen LogP) is 0.942. The number of amides is 3. The maximum Gasteiger partial charge on any atom is 0.306 e. The fraction of sp³-hybridized carbons (Fsp3) is 0.655. The van der Waals surface area contributed by atoms with Crippen molar-refractivity contribution >= 4 is 47.1 Å². The molecule has 16 heteroatoms. The zero-order chi connectivity index (χ0) is 33.6. The summed E-state index contributed by atoms with van der Waals surface area (Å²) in [4.78, 5) is 79.3. The number of oxime groups is 2. The second-order valence-corrected chi connectivity index (χ2v) is 9.70. The van der Waals surface area contributed by atoms with E-state index in [-0.39, 0.29) is 62.9 Å². The third-order valence-electron chi connectivity index (χ3n) is 5.93. The Bertz CT molecular complexity index is 1070. The van der Waals surface area contributed by atoms with Gasteiger partial charge in [0.2, 0.25) is 23.8 Å². The molecule has 16 nitrogen and oxygen atoms in total. The van der Waals surface area contributed by atoms with Gasteiger partial charge >= 0.3 is 5.97 Å². The molecule has 0 aromatic rings. The van der Waals surface area contributed by atoms with Crippen molar-refractivity contribution in [1.29, 1.82) is 0 Å². The van der Waals surface area contributed by atoms with Crippen LogP contribution in [0.3, 0.4) is 0 Å². The molecule has 2 rings (SSSR count). The van der Waals surface area contributed by atoms with Crippen LogP contribution >= 0.6 is 0 Å². The van der Waals surface area contributed by atoms with E-state index in [1.54, 1.807) is 13.8 Å². The Morgan fingerprint density at radius 3 is 2.07 bits per heavy atom. The van der Waals surface area contributed by atoms with Crippen LogP contribution in [0.2, 0.25) is 0 Å². The first kappa shape index (κ1) is 38.7. The molecule has 1 unspecified atom stereocenters. The van der Waals surface area contributed by atoms with Crippen LogP contribution in [0.5, 0.6) is 0 Å². The first-order valence-electron chi connectivity index (χ1n) is 14.8. The van der Waals surface area contributed by atoms with Crippen molar-refractivity contribution in [2.75, 3.05) is 39.5 Å². The highest BCUT2D eigenvalue weighted by Gasteiger charge is 2.35. The number of ketones is 2. The minimum absolute atomic E-state index is 0.000932. The van der Waals surface area contributed by atoms with Crippen LogP contribution in [0.4, 0.5) is 0 Å². The van der Waals surface area contributed by atoms with E-state index < -0.39 is 30.0 Å². The van der Waals surface area contributed by atoms with Crippen molar-refractivity contribution in [2.24, 2.45) is 10.3 Å². The molecule has 2 N–H and O–H groups in total. The summed E-state index contributed by atoms with van der Waals surface area (Å²) in [6.45, 7) is 8.34. The van der Waals surface area contributed by atoms with Gasteiger partial charge < -0.3 is 34.3 Å². The number of aliphatic hydroxyl groups is 1. The molecule has 3 amide bonds. The van der Waals surface area contributed by atoms with Crippen LogP contribution in [-0.4, -0.2) is 109 Å². The fourth-order valence-electron chi connectivity index (χ4n) is 3.69. The minimum Gasteiger partial charge on any atom is -0.479 e. The quantitative estimate of drug-likeness (QED) is 0.0408. The lowest BCUT2D eigenvalue weighted by Crippen LogP contribution is -2.38. The van der Waals surface area contributed by atoms with E-state index >= 15 is 0 Å². The normalized spacial score (nSPS) is 15.9. The summed E-state index contributed by atoms with van der Waals surface area (Å²) in [6, 6.07) is 0. The second kappa shape index (κ2) is 22.2. The topological polar surface area (TPSA) is 209 Å². The molecule has 0 aromatic heterocycles. The number of esters is 1. The van der Waals surface area contributed by atoms with Gasteiger partial charge in [-0.1, -0.05) is 10.3 Å². The number of carbonyl (C=O) groups excluding carboxylic acids is 6. The molecule has 1 atom stereocenters. The van der Waals surface area contributed by atoms with Crippen LogP contribution in [0.15, 0.2) is 22.5 Å². The Kier molecular flexibility index (Phi) is 19.1. The van der Waals surface area contributed by atoms with E-state index in [1.807, 2.05) is 13.8 Å². The number of aliphatic hydroxyl groups excluding tert-OH is 1. The van der Waals surface area contributed by atoms with Crippen molar-refractivity contribution in [1.82, 2.24) is 10.2 Å². The Balaban J connectivity index is 0.000000450. The van der Waals surface area contributed by atoms with Gasteiger partial charge in [0, 0.05) is 64.8 Å². The van der Waals surface area contributed by atoms with E-state index in [4.69, 9.17) is 23.9 Å². The van der Waals surface area contributed by atoms with E-state index in [9.17, 15) is 33.9 Å². The van der Waals surface area contributed by atoms with Crippen molar-refractivity contribution in [2.45, 2.75) is 84.8 Å². The van der Waals surface area contributed by atoms with Gasteiger partial charge in [-0.3, -0.25) is 33.7 Å². The highest BCUT2D eigenvalue weighted by atomic mass is 16.7. The van der Waals surface area contributed by atoms with Crippen LogP contribution in [-0.2, 0) is 52.7 Å². The highest BCUT2D eigenvalue weighted by molar-refractivity contribution is 6.13. The van der Waals surface area contributed by atoms with Crippen molar-refractivity contribution < 1.29 is 57.8 Å². The van der Waals surface area contributed by atoms with E-state index in [1.165, 1.54) is 0 Å². The molecule has 1 heterocycles. The number of carbonyl (C=O) groups is 6. The lowest BCUT2D eigenvalue weighted by Gasteiger charge is -2.14. The smallest absolute Gasteiger partial charge is 0.306 e. The van der Waals surface area contributed by atoms with Gasteiger partial charge in [0.15, 0.2) is 11.6 Å². The summed E-state index contributed by atoms with van der Waals surface area (Å²) in [6.07, 6.45) is 2.87. The van der Waals surface area contributed by atoms with Gasteiger partial charge in [-0.05, 0) is 33.1 Å². The molecule has 0 aromatic carbocycles. The van der Waals surface area contributed by atoms with Crippen molar-refractivity contribution in [3.05, 3.63) is 12.2 Å². The number of hydrogen-bond acceptors (Lipinski definition) is 14. The molecule has 0 saturated heterocycles. The molecule has 0 spiro atoms. The van der Waals surface area contributed by atoms with Crippen molar-refractivity contribution in [3.63, 3.8) is 0 Å². The van der Waals surface area contributed by atoms with Crippen LogP contribution < -0.4 is 5.32 Å². The van der Waals surface area contributed by atoms with Gasteiger partial charge in [0.05, 0.1) is 13.2 Å². The molecule has 1 aliphatic carbocycles. The highest BCUT2D eigenvalue weighted by Crippen LogP contribution is 2.15.